The number of piperidine rings is 1. The summed E-state index contributed by atoms with van der Waals surface area (Å²) in [5.74, 6) is 0.296. The zero-order valence-electron chi connectivity index (χ0n) is 10.6. The van der Waals surface area contributed by atoms with E-state index in [1.54, 1.807) is 6.92 Å². The average Bonchev–Trinajstić information content (AvgIpc) is 2.32. The Kier molecular flexibility index (Phi) is 3.89. The number of ketones is 1. The summed E-state index contributed by atoms with van der Waals surface area (Å²) in [6.07, 6.45) is 5.30. The maximum absolute atomic E-state index is 11.6. The first-order valence-electron chi connectivity index (χ1n) is 6.33. The van der Waals surface area contributed by atoms with Crippen LogP contribution in [0.5, 0.6) is 0 Å². The number of rotatable bonds is 3. The lowest BCUT2D eigenvalue weighted by molar-refractivity contribution is -0.123. The summed E-state index contributed by atoms with van der Waals surface area (Å²) in [6.45, 7) is 5.56. The number of aryl methyl sites for hydroxylation is 1. The number of hydrogen-bond donors (Lipinski definition) is 0. The largest absolute Gasteiger partial charge is 0.298 e. The van der Waals surface area contributed by atoms with Crippen molar-refractivity contribution in [3.63, 3.8) is 0 Å². The molecule has 1 fully saturated rings. The van der Waals surface area contributed by atoms with Crippen molar-refractivity contribution in [1.29, 1.82) is 0 Å². The van der Waals surface area contributed by atoms with E-state index in [0.717, 1.165) is 25.2 Å². The maximum atomic E-state index is 11.6. The molecule has 0 aliphatic carbocycles. The first-order chi connectivity index (χ1) is 8.16. The Morgan fingerprint density at radius 2 is 2.29 bits per heavy atom. The van der Waals surface area contributed by atoms with Crippen molar-refractivity contribution < 1.29 is 4.79 Å². The zero-order chi connectivity index (χ0) is 12.3. The molecule has 0 amide bonds. The van der Waals surface area contributed by atoms with Crippen molar-refractivity contribution in [2.24, 2.45) is 0 Å². The lowest BCUT2D eigenvalue weighted by Gasteiger charge is -2.34. The number of aromatic nitrogens is 1. The van der Waals surface area contributed by atoms with Gasteiger partial charge in [0.05, 0.1) is 6.04 Å². The summed E-state index contributed by atoms with van der Waals surface area (Å²) in [6, 6.07) is 4.25. The molecule has 3 heteroatoms. The van der Waals surface area contributed by atoms with Crippen LogP contribution < -0.4 is 0 Å². The number of Topliss-reactive ketones (excluding diaryl/α,β-unsaturated/α-hetero) is 1. The molecule has 1 unspecified atom stereocenters. The summed E-state index contributed by atoms with van der Waals surface area (Å²) in [5, 5.41) is 0. The maximum Gasteiger partial charge on any atom is 0.146 e. The SMILES string of the molecule is CC(=O)C1CCCCN1Cc1ccc(C)nc1. The Morgan fingerprint density at radius 3 is 2.94 bits per heavy atom. The molecule has 0 spiro atoms. The zero-order valence-corrected chi connectivity index (χ0v) is 10.6. The second kappa shape index (κ2) is 5.41. The second-order valence-corrected chi connectivity index (χ2v) is 4.90. The molecule has 0 saturated carbocycles. The van der Waals surface area contributed by atoms with Crippen molar-refractivity contribution in [2.45, 2.75) is 45.7 Å². The molecule has 1 saturated heterocycles. The summed E-state index contributed by atoms with van der Waals surface area (Å²) < 4.78 is 0. The van der Waals surface area contributed by atoms with Crippen LogP contribution in [0.25, 0.3) is 0 Å². The number of likely N-dealkylation sites (tertiary alicyclic amines) is 1. The van der Waals surface area contributed by atoms with Gasteiger partial charge in [-0.15, -0.1) is 0 Å². The number of pyridine rings is 1. The highest BCUT2D eigenvalue weighted by atomic mass is 16.1. The minimum atomic E-state index is 0.116. The molecule has 2 rings (SSSR count). The van der Waals surface area contributed by atoms with Crippen LogP contribution in [-0.2, 0) is 11.3 Å². The molecule has 17 heavy (non-hydrogen) atoms. The molecule has 0 radical (unpaired) electrons. The van der Waals surface area contributed by atoms with Gasteiger partial charge >= 0.3 is 0 Å². The van der Waals surface area contributed by atoms with Gasteiger partial charge in [0.15, 0.2) is 0 Å². The standard InChI is InChI=1S/C14H20N2O/c1-11-6-7-13(9-15-11)10-16-8-4-3-5-14(16)12(2)17/h6-7,9,14H,3-5,8,10H2,1-2H3. The van der Waals surface area contributed by atoms with Crippen LogP contribution in [0.15, 0.2) is 18.3 Å². The highest BCUT2D eigenvalue weighted by molar-refractivity contribution is 5.81. The summed E-state index contributed by atoms with van der Waals surface area (Å²) in [7, 11) is 0. The van der Waals surface area contributed by atoms with E-state index in [2.05, 4.69) is 16.0 Å². The number of carbonyl (C=O) groups is 1. The van der Waals surface area contributed by atoms with Crippen LogP contribution in [0.2, 0.25) is 0 Å². The fraction of sp³-hybridized carbons (Fsp3) is 0.571. The molecule has 1 aliphatic heterocycles. The lowest BCUT2D eigenvalue weighted by Crippen LogP contribution is -2.43. The van der Waals surface area contributed by atoms with Gasteiger partial charge in [-0.2, -0.15) is 0 Å². The van der Waals surface area contributed by atoms with E-state index in [-0.39, 0.29) is 6.04 Å². The quantitative estimate of drug-likeness (QED) is 0.802. The van der Waals surface area contributed by atoms with Gasteiger partial charge in [0.2, 0.25) is 0 Å². The van der Waals surface area contributed by atoms with Crippen molar-refractivity contribution in [3.8, 4) is 0 Å². The summed E-state index contributed by atoms with van der Waals surface area (Å²) in [5.41, 5.74) is 2.24. The smallest absolute Gasteiger partial charge is 0.146 e. The Morgan fingerprint density at radius 1 is 1.47 bits per heavy atom. The van der Waals surface area contributed by atoms with Crippen LogP contribution in [0.4, 0.5) is 0 Å². The lowest BCUT2D eigenvalue weighted by atomic mass is 9.98. The van der Waals surface area contributed by atoms with E-state index in [9.17, 15) is 4.79 Å². The predicted molar refractivity (Wildman–Crippen MR) is 67.7 cm³/mol. The minimum Gasteiger partial charge on any atom is -0.298 e. The third-order valence-electron chi connectivity index (χ3n) is 3.44. The molecule has 1 aromatic heterocycles. The highest BCUT2D eigenvalue weighted by Crippen LogP contribution is 2.20. The van der Waals surface area contributed by atoms with E-state index in [1.165, 1.54) is 18.4 Å². The van der Waals surface area contributed by atoms with E-state index >= 15 is 0 Å². The number of carbonyl (C=O) groups excluding carboxylic acids is 1. The average molecular weight is 232 g/mol. The Bertz CT molecular complexity index is 386. The van der Waals surface area contributed by atoms with E-state index in [4.69, 9.17) is 0 Å². The monoisotopic (exact) mass is 232 g/mol. The summed E-state index contributed by atoms with van der Waals surface area (Å²) in [4.78, 5) is 18.2. The number of nitrogens with zero attached hydrogens (tertiary/aromatic N) is 2. The topological polar surface area (TPSA) is 33.2 Å². The minimum absolute atomic E-state index is 0.116. The predicted octanol–water partition coefficient (Wildman–Crippen LogP) is 2.33. The van der Waals surface area contributed by atoms with Crippen molar-refractivity contribution in [1.82, 2.24) is 9.88 Å². The molecular weight excluding hydrogens is 212 g/mol. The van der Waals surface area contributed by atoms with E-state index in [0.29, 0.717) is 5.78 Å². The van der Waals surface area contributed by atoms with Crippen molar-refractivity contribution >= 4 is 5.78 Å². The Balaban J connectivity index is 2.05. The molecule has 0 aromatic carbocycles. The van der Waals surface area contributed by atoms with Gasteiger partial charge in [-0.3, -0.25) is 14.7 Å². The van der Waals surface area contributed by atoms with Gasteiger partial charge in [-0.25, -0.2) is 0 Å². The van der Waals surface area contributed by atoms with Gasteiger partial charge in [-0.1, -0.05) is 12.5 Å². The van der Waals surface area contributed by atoms with E-state index in [1.807, 2.05) is 19.2 Å². The first kappa shape index (κ1) is 12.2. The van der Waals surface area contributed by atoms with Gasteiger partial charge in [0, 0.05) is 18.4 Å². The van der Waals surface area contributed by atoms with Crippen LogP contribution in [0.1, 0.15) is 37.4 Å². The summed E-state index contributed by atoms with van der Waals surface area (Å²) >= 11 is 0. The van der Waals surface area contributed by atoms with Crippen LogP contribution in [0.3, 0.4) is 0 Å². The molecule has 1 aliphatic rings. The Hall–Kier alpha value is -1.22. The molecular formula is C14H20N2O. The van der Waals surface area contributed by atoms with E-state index < -0.39 is 0 Å². The first-order valence-corrected chi connectivity index (χ1v) is 6.33. The third-order valence-corrected chi connectivity index (χ3v) is 3.44. The number of hydrogen-bond acceptors (Lipinski definition) is 3. The van der Waals surface area contributed by atoms with Gasteiger partial charge in [0.25, 0.3) is 0 Å². The molecule has 0 N–H and O–H groups in total. The van der Waals surface area contributed by atoms with Gasteiger partial charge in [-0.05, 0) is 44.9 Å². The van der Waals surface area contributed by atoms with Crippen LogP contribution in [-0.4, -0.2) is 28.3 Å². The highest BCUT2D eigenvalue weighted by Gasteiger charge is 2.25. The molecule has 0 bridgehead atoms. The molecule has 3 nitrogen and oxygen atoms in total. The van der Waals surface area contributed by atoms with Crippen molar-refractivity contribution in [3.05, 3.63) is 29.6 Å². The third kappa shape index (κ3) is 3.13. The fourth-order valence-corrected chi connectivity index (χ4v) is 2.47. The second-order valence-electron chi connectivity index (χ2n) is 4.90. The van der Waals surface area contributed by atoms with Crippen LogP contribution in [0, 0.1) is 6.92 Å². The fourth-order valence-electron chi connectivity index (χ4n) is 2.47. The Labute approximate surface area is 103 Å². The molecule has 92 valence electrons. The molecule has 2 heterocycles. The van der Waals surface area contributed by atoms with Gasteiger partial charge in [0.1, 0.15) is 5.78 Å². The van der Waals surface area contributed by atoms with Gasteiger partial charge < -0.3 is 0 Å². The van der Waals surface area contributed by atoms with Crippen LogP contribution >= 0.6 is 0 Å². The van der Waals surface area contributed by atoms with Crippen molar-refractivity contribution in [2.75, 3.05) is 6.54 Å². The molecule has 1 aromatic rings. The molecule has 1 atom stereocenters. The normalized spacial score (nSPS) is 21.4.